The molecule has 1 saturated heterocycles. The van der Waals surface area contributed by atoms with Crippen molar-refractivity contribution in [1.82, 2.24) is 10.1 Å². The molecule has 10 heteroatoms. The second-order valence-corrected chi connectivity index (χ2v) is 10.3. The van der Waals surface area contributed by atoms with Gasteiger partial charge in [0.15, 0.2) is 11.3 Å². The zero-order valence-corrected chi connectivity index (χ0v) is 19.0. The van der Waals surface area contributed by atoms with E-state index in [-0.39, 0.29) is 29.1 Å². The van der Waals surface area contributed by atoms with Crippen molar-refractivity contribution in [3.05, 3.63) is 47.1 Å². The van der Waals surface area contributed by atoms with Crippen LogP contribution in [0.5, 0.6) is 5.75 Å². The Bertz CT molecular complexity index is 1300. The standard InChI is InChI=1S/C22H22ClN3O5S/c1-2-15-13-26(18-11-14(23)5-7-20(18)30-15)32(28,29)16-6-8-19-17(12-16)21(24-31-19)22(27)25-9-3-4-10-25/h5-8,11-12,15H,2-4,9-10,13H2,1H3/t15-/m1/s1. The molecule has 0 N–H and O–H groups in total. The van der Waals surface area contributed by atoms with E-state index in [2.05, 4.69) is 5.16 Å². The number of rotatable bonds is 4. The smallest absolute Gasteiger partial charge is 0.276 e. The summed E-state index contributed by atoms with van der Waals surface area (Å²) in [6, 6.07) is 9.40. The minimum Gasteiger partial charge on any atom is -0.486 e. The van der Waals surface area contributed by atoms with Gasteiger partial charge in [-0.3, -0.25) is 9.10 Å². The molecule has 1 fully saturated rings. The molecule has 3 heterocycles. The SMILES string of the molecule is CC[C@@H]1CN(S(=O)(=O)c2ccc3onc(C(=O)N4CCCC4)c3c2)c2cc(Cl)ccc2O1. The average molecular weight is 476 g/mol. The number of hydrogen-bond donors (Lipinski definition) is 0. The summed E-state index contributed by atoms with van der Waals surface area (Å²) in [6.45, 7) is 3.42. The maximum absolute atomic E-state index is 13.7. The van der Waals surface area contributed by atoms with Crippen LogP contribution in [0.3, 0.4) is 0 Å². The highest BCUT2D eigenvalue weighted by molar-refractivity contribution is 7.92. The maximum atomic E-state index is 13.7. The number of aromatic nitrogens is 1. The molecule has 0 bridgehead atoms. The van der Waals surface area contributed by atoms with E-state index in [0.29, 0.717) is 46.9 Å². The van der Waals surface area contributed by atoms with Crippen LogP contribution in [0.1, 0.15) is 36.7 Å². The molecule has 0 radical (unpaired) electrons. The number of carbonyl (C=O) groups is 1. The number of ether oxygens (including phenoxy) is 1. The predicted molar refractivity (Wildman–Crippen MR) is 120 cm³/mol. The van der Waals surface area contributed by atoms with E-state index in [0.717, 1.165) is 12.8 Å². The molecular weight excluding hydrogens is 454 g/mol. The molecule has 0 saturated carbocycles. The molecule has 32 heavy (non-hydrogen) atoms. The fourth-order valence-corrected chi connectivity index (χ4v) is 5.85. The summed E-state index contributed by atoms with van der Waals surface area (Å²) in [5.41, 5.74) is 0.889. The van der Waals surface area contributed by atoms with Crippen molar-refractivity contribution < 1.29 is 22.5 Å². The Morgan fingerprint density at radius 2 is 1.97 bits per heavy atom. The van der Waals surface area contributed by atoms with E-state index < -0.39 is 10.0 Å². The molecule has 2 aromatic carbocycles. The molecule has 1 aromatic heterocycles. The number of nitrogens with zero attached hydrogens (tertiary/aromatic N) is 3. The van der Waals surface area contributed by atoms with Crippen LogP contribution in [0.25, 0.3) is 11.0 Å². The number of carbonyl (C=O) groups excluding carboxylic acids is 1. The number of fused-ring (bicyclic) bond motifs is 2. The number of likely N-dealkylation sites (tertiary alicyclic amines) is 1. The molecule has 8 nitrogen and oxygen atoms in total. The van der Waals surface area contributed by atoms with Gasteiger partial charge in [0.1, 0.15) is 11.9 Å². The summed E-state index contributed by atoms with van der Waals surface area (Å²) >= 11 is 6.15. The molecule has 0 aliphatic carbocycles. The number of anilines is 1. The van der Waals surface area contributed by atoms with Gasteiger partial charge in [0.25, 0.3) is 15.9 Å². The second-order valence-electron chi connectivity index (χ2n) is 7.98. The van der Waals surface area contributed by atoms with Gasteiger partial charge >= 0.3 is 0 Å². The molecule has 168 valence electrons. The number of benzene rings is 2. The monoisotopic (exact) mass is 475 g/mol. The van der Waals surface area contributed by atoms with Crippen LogP contribution >= 0.6 is 11.6 Å². The van der Waals surface area contributed by atoms with Gasteiger partial charge in [0.05, 0.1) is 22.5 Å². The maximum Gasteiger partial charge on any atom is 0.276 e. The predicted octanol–water partition coefficient (Wildman–Crippen LogP) is 4.08. The van der Waals surface area contributed by atoms with Crippen LogP contribution in [0.15, 0.2) is 45.8 Å². The molecule has 2 aliphatic heterocycles. The van der Waals surface area contributed by atoms with Gasteiger partial charge in [-0.1, -0.05) is 23.7 Å². The number of sulfonamides is 1. The van der Waals surface area contributed by atoms with Crippen LogP contribution in [-0.4, -0.2) is 50.1 Å². The summed E-state index contributed by atoms with van der Waals surface area (Å²) in [7, 11) is -3.97. The highest BCUT2D eigenvalue weighted by atomic mass is 35.5. The van der Waals surface area contributed by atoms with Crippen molar-refractivity contribution in [2.24, 2.45) is 0 Å². The summed E-state index contributed by atoms with van der Waals surface area (Å²) in [6.07, 6.45) is 2.25. The van der Waals surface area contributed by atoms with Crippen LogP contribution in [-0.2, 0) is 10.0 Å². The molecule has 1 atom stereocenters. The van der Waals surface area contributed by atoms with E-state index >= 15 is 0 Å². The summed E-state index contributed by atoms with van der Waals surface area (Å²) in [4.78, 5) is 14.6. The van der Waals surface area contributed by atoms with Crippen molar-refractivity contribution in [3.63, 3.8) is 0 Å². The average Bonchev–Trinajstić information content (AvgIpc) is 3.47. The third-order valence-corrected chi connectivity index (χ3v) is 7.94. The van der Waals surface area contributed by atoms with Crippen molar-refractivity contribution in [1.29, 1.82) is 0 Å². The van der Waals surface area contributed by atoms with E-state index in [1.165, 1.54) is 22.5 Å². The summed E-state index contributed by atoms with van der Waals surface area (Å²) in [5.74, 6) is 0.220. The lowest BCUT2D eigenvalue weighted by molar-refractivity contribution is 0.0784. The van der Waals surface area contributed by atoms with Crippen LogP contribution < -0.4 is 9.04 Å². The Morgan fingerprint density at radius 1 is 1.19 bits per heavy atom. The third-order valence-electron chi connectivity index (χ3n) is 5.93. The lowest BCUT2D eigenvalue weighted by Crippen LogP contribution is -2.43. The van der Waals surface area contributed by atoms with E-state index in [9.17, 15) is 13.2 Å². The van der Waals surface area contributed by atoms with E-state index in [1.807, 2.05) is 6.92 Å². The minimum atomic E-state index is -3.97. The highest BCUT2D eigenvalue weighted by Crippen LogP contribution is 2.39. The Balaban J connectivity index is 1.58. The normalized spacial score (nSPS) is 18.6. The first-order valence-corrected chi connectivity index (χ1v) is 12.4. The molecule has 2 aliphatic rings. The molecule has 1 amide bonds. The fourth-order valence-electron chi connectivity index (χ4n) is 4.15. The molecule has 5 rings (SSSR count). The Morgan fingerprint density at radius 3 is 2.72 bits per heavy atom. The number of amides is 1. The van der Waals surface area contributed by atoms with Gasteiger partial charge in [-0.05, 0) is 55.7 Å². The largest absolute Gasteiger partial charge is 0.486 e. The highest BCUT2D eigenvalue weighted by Gasteiger charge is 2.35. The second kappa shape index (κ2) is 7.97. The number of hydrogen-bond acceptors (Lipinski definition) is 6. The first kappa shape index (κ1) is 21.1. The van der Waals surface area contributed by atoms with Gasteiger partial charge in [-0.25, -0.2) is 8.42 Å². The van der Waals surface area contributed by atoms with Gasteiger partial charge in [0, 0.05) is 18.1 Å². The third kappa shape index (κ3) is 3.49. The Hall–Kier alpha value is -2.78. The first-order valence-electron chi connectivity index (χ1n) is 10.6. The topological polar surface area (TPSA) is 93.0 Å². The molecule has 0 spiro atoms. The van der Waals surface area contributed by atoms with Crippen molar-refractivity contribution in [2.45, 2.75) is 37.2 Å². The summed E-state index contributed by atoms with van der Waals surface area (Å²) in [5, 5.41) is 4.73. The fraction of sp³-hybridized carbons (Fsp3) is 0.364. The lowest BCUT2D eigenvalue weighted by Gasteiger charge is -2.35. The molecular formula is C22H22ClN3O5S. The zero-order valence-electron chi connectivity index (χ0n) is 17.5. The summed E-state index contributed by atoms with van der Waals surface area (Å²) < 4.78 is 40.0. The molecule has 0 unspecified atom stereocenters. The van der Waals surface area contributed by atoms with Gasteiger partial charge in [-0.15, -0.1) is 0 Å². The number of halogens is 1. The Labute approximate surface area is 190 Å². The van der Waals surface area contributed by atoms with Gasteiger partial charge in [0.2, 0.25) is 0 Å². The lowest BCUT2D eigenvalue weighted by atomic mass is 10.2. The van der Waals surface area contributed by atoms with Crippen molar-refractivity contribution in [3.8, 4) is 5.75 Å². The van der Waals surface area contributed by atoms with Gasteiger partial charge in [-0.2, -0.15) is 0 Å². The van der Waals surface area contributed by atoms with E-state index in [1.54, 1.807) is 23.1 Å². The van der Waals surface area contributed by atoms with Crippen molar-refractivity contribution >= 4 is 44.2 Å². The van der Waals surface area contributed by atoms with Gasteiger partial charge < -0.3 is 14.2 Å². The van der Waals surface area contributed by atoms with Crippen molar-refractivity contribution in [2.75, 3.05) is 23.9 Å². The zero-order chi connectivity index (χ0) is 22.5. The van der Waals surface area contributed by atoms with Crippen LogP contribution in [0.4, 0.5) is 5.69 Å². The molecule has 3 aromatic rings. The van der Waals surface area contributed by atoms with Crippen LogP contribution in [0, 0.1) is 0 Å². The Kier molecular flexibility index (Phi) is 5.25. The van der Waals surface area contributed by atoms with E-state index in [4.69, 9.17) is 20.9 Å². The van der Waals surface area contributed by atoms with Crippen LogP contribution in [0.2, 0.25) is 5.02 Å². The first-order chi connectivity index (χ1) is 15.4. The quantitative estimate of drug-likeness (QED) is 0.564. The minimum absolute atomic E-state index is 0.0475.